The molecule has 0 fully saturated rings. The lowest BCUT2D eigenvalue weighted by Gasteiger charge is -2.06. The third-order valence-electron chi connectivity index (χ3n) is 2.39. The normalized spacial score (nSPS) is 10.8. The van der Waals surface area contributed by atoms with Crippen molar-refractivity contribution in [1.82, 2.24) is 10.1 Å². The van der Waals surface area contributed by atoms with E-state index in [0.29, 0.717) is 17.5 Å². The monoisotopic (exact) mass is 267 g/mol. The minimum absolute atomic E-state index is 0.00354. The van der Waals surface area contributed by atoms with Crippen LogP contribution in [0.1, 0.15) is 36.0 Å². The number of anilines is 1. The predicted molar refractivity (Wildman–Crippen MR) is 62.7 cm³/mol. The van der Waals surface area contributed by atoms with Crippen LogP contribution in [-0.4, -0.2) is 16.0 Å². The first kappa shape index (κ1) is 13.1. The smallest absolute Gasteiger partial charge is 0.277 e. The van der Waals surface area contributed by atoms with Crippen molar-refractivity contribution in [3.8, 4) is 0 Å². The number of halogens is 2. The summed E-state index contributed by atoms with van der Waals surface area (Å²) in [5.41, 5.74) is -0.150. The third kappa shape index (κ3) is 2.75. The van der Waals surface area contributed by atoms with Gasteiger partial charge in [-0.3, -0.25) is 4.79 Å². The van der Waals surface area contributed by atoms with Gasteiger partial charge in [-0.15, -0.1) is 0 Å². The fourth-order valence-corrected chi connectivity index (χ4v) is 1.52. The van der Waals surface area contributed by atoms with Crippen LogP contribution in [0.25, 0.3) is 0 Å². The van der Waals surface area contributed by atoms with Crippen molar-refractivity contribution in [2.24, 2.45) is 0 Å². The zero-order valence-corrected chi connectivity index (χ0v) is 10.3. The van der Waals surface area contributed by atoms with E-state index in [4.69, 9.17) is 4.52 Å². The first-order valence-corrected chi connectivity index (χ1v) is 5.56. The molecule has 0 aliphatic heterocycles. The highest BCUT2D eigenvalue weighted by Crippen LogP contribution is 2.24. The number of pyridine rings is 1. The van der Waals surface area contributed by atoms with Crippen LogP contribution < -0.4 is 5.32 Å². The van der Waals surface area contributed by atoms with Crippen molar-refractivity contribution in [2.75, 3.05) is 5.32 Å². The molecule has 0 unspecified atom stereocenters. The van der Waals surface area contributed by atoms with Crippen molar-refractivity contribution < 1.29 is 18.1 Å². The highest BCUT2D eigenvalue weighted by Gasteiger charge is 2.19. The van der Waals surface area contributed by atoms with E-state index >= 15 is 0 Å². The SMILES string of the molecule is CC(C)c1oncc1NC(=O)c1ncc(F)cc1F. The molecule has 0 spiro atoms. The second-order valence-corrected chi connectivity index (χ2v) is 4.20. The van der Waals surface area contributed by atoms with Gasteiger partial charge in [0, 0.05) is 12.0 Å². The van der Waals surface area contributed by atoms with Gasteiger partial charge in [0.15, 0.2) is 17.3 Å². The topological polar surface area (TPSA) is 68.0 Å². The first-order chi connectivity index (χ1) is 8.99. The molecule has 1 N–H and O–H groups in total. The Morgan fingerprint density at radius 2 is 2.11 bits per heavy atom. The van der Waals surface area contributed by atoms with E-state index in [2.05, 4.69) is 15.5 Å². The van der Waals surface area contributed by atoms with Gasteiger partial charge < -0.3 is 9.84 Å². The zero-order chi connectivity index (χ0) is 14.0. The Morgan fingerprint density at radius 3 is 2.74 bits per heavy atom. The van der Waals surface area contributed by atoms with Gasteiger partial charge in [-0.1, -0.05) is 19.0 Å². The summed E-state index contributed by atoms with van der Waals surface area (Å²) in [6.07, 6.45) is 2.09. The molecule has 0 bridgehead atoms. The molecular formula is C12H11F2N3O2. The molecule has 0 aliphatic carbocycles. The van der Waals surface area contributed by atoms with Crippen molar-refractivity contribution >= 4 is 11.6 Å². The standard InChI is InChI=1S/C12H11F2N3O2/c1-6(2)11-9(5-16-19-11)17-12(18)10-8(14)3-7(13)4-15-10/h3-6H,1-2H3,(H,17,18). The summed E-state index contributed by atoms with van der Waals surface area (Å²) in [4.78, 5) is 15.2. The maximum atomic E-state index is 13.4. The van der Waals surface area contributed by atoms with E-state index in [1.807, 2.05) is 13.8 Å². The number of aromatic nitrogens is 2. The van der Waals surface area contributed by atoms with Crippen LogP contribution in [0.4, 0.5) is 14.5 Å². The molecule has 0 saturated carbocycles. The quantitative estimate of drug-likeness (QED) is 0.928. The predicted octanol–water partition coefficient (Wildman–Crippen LogP) is 2.72. The lowest BCUT2D eigenvalue weighted by atomic mass is 10.1. The van der Waals surface area contributed by atoms with E-state index < -0.39 is 23.2 Å². The Balaban J connectivity index is 2.23. The fraction of sp³-hybridized carbons (Fsp3) is 0.250. The molecule has 1 amide bonds. The van der Waals surface area contributed by atoms with E-state index in [-0.39, 0.29) is 5.92 Å². The van der Waals surface area contributed by atoms with Gasteiger partial charge in [-0.25, -0.2) is 13.8 Å². The van der Waals surface area contributed by atoms with Crippen molar-refractivity contribution in [2.45, 2.75) is 19.8 Å². The summed E-state index contributed by atoms with van der Waals surface area (Å²) in [7, 11) is 0. The van der Waals surface area contributed by atoms with Gasteiger partial charge in [0.25, 0.3) is 5.91 Å². The minimum atomic E-state index is -1.03. The molecule has 0 atom stereocenters. The summed E-state index contributed by atoms with van der Waals surface area (Å²) >= 11 is 0. The number of amides is 1. The molecular weight excluding hydrogens is 256 g/mol. The molecule has 5 nitrogen and oxygen atoms in total. The number of hydrogen-bond donors (Lipinski definition) is 1. The third-order valence-corrected chi connectivity index (χ3v) is 2.39. The van der Waals surface area contributed by atoms with E-state index in [9.17, 15) is 13.6 Å². The zero-order valence-electron chi connectivity index (χ0n) is 10.3. The summed E-state index contributed by atoms with van der Waals surface area (Å²) in [5.74, 6) is -2.19. The number of rotatable bonds is 3. The fourth-order valence-electron chi connectivity index (χ4n) is 1.52. The van der Waals surface area contributed by atoms with Crippen molar-refractivity contribution in [3.63, 3.8) is 0 Å². The van der Waals surface area contributed by atoms with Crippen LogP contribution in [0.3, 0.4) is 0 Å². The second kappa shape index (κ2) is 5.13. The van der Waals surface area contributed by atoms with E-state index in [1.54, 1.807) is 0 Å². The summed E-state index contributed by atoms with van der Waals surface area (Å²) < 4.78 is 31.1. The van der Waals surface area contributed by atoms with Crippen molar-refractivity contribution in [3.05, 3.63) is 41.5 Å². The first-order valence-electron chi connectivity index (χ1n) is 5.56. The molecule has 7 heteroatoms. The maximum absolute atomic E-state index is 13.4. The Bertz CT molecular complexity index is 611. The Hall–Kier alpha value is -2.31. The average Bonchev–Trinajstić information content (AvgIpc) is 2.76. The number of nitrogens with one attached hydrogen (secondary N) is 1. The largest absolute Gasteiger partial charge is 0.359 e. The highest BCUT2D eigenvalue weighted by atomic mass is 19.1. The molecule has 0 radical (unpaired) electrons. The highest BCUT2D eigenvalue weighted by molar-refractivity contribution is 6.03. The summed E-state index contributed by atoms with van der Waals surface area (Å²) in [6, 6.07) is 0.596. The van der Waals surface area contributed by atoms with Gasteiger partial charge in [-0.2, -0.15) is 0 Å². The Kier molecular flexibility index (Phi) is 3.55. The Morgan fingerprint density at radius 1 is 1.37 bits per heavy atom. The lowest BCUT2D eigenvalue weighted by molar-refractivity contribution is 0.101. The minimum Gasteiger partial charge on any atom is -0.359 e. The van der Waals surface area contributed by atoms with Gasteiger partial charge in [0.1, 0.15) is 11.5 Å². The van der Waals surface area contributed by atoms with Crippen molar-refractivity contribution in [1.29, 1.82) is 0 Å². The van der Waals surface area contributed by atoms with Gasteiger partial charge in [-0.05, 0) is 0 Å². The maximum Gasteiger partial charge on any atom is 0.277 e. The van der Waals surface area contributed by atoms with Crippen LogP contribution in [0.2, 0.25) is 0 Å². The van der Waals surface area contributed by atoms with Crippen LogP contribution in [0.15, 0.2) is 23.0 Å². The van der Waals surface area contributed by atoms with E-state index in [0.717, 1.165) is 6.20 Å². The van der Waals surface area contributed by atoms with Gasteiger partial charge in [0.05, 0.1) is 12.4 Å². The summed E-state index contributed by atoms with van der Waals surface area (Å²) in [6.45, 7) is 3.71. The number of carbonyl (C=O) groups excluding carboxylic acids is 1. The molecule has 19 heavy (non-hydrogen) atoms. The molecule has 0 aromatic carbocycles. The summed E-state index contributed by atoms with van der Waals surface area (Å²) in [5, 5.41) is 5.99. The van der Waals surface area contributed by atoms with Gasteiger partial charge >= 0.3 is 0 Å². The number of carbonyl (C=O) groups is 1. The van der Waals surface area contributed by atoms with Crippen LogP contribution in [-0.2, 0) is 0 Å². The molecule has 0 aliphatic rings. The molecule has 2 aromatic heterocycles. The second-order valence-electron chi connectivity index (χ2n) is 4.20. The van der Waals surface area contributed by atoms with Gasteiger partial charge in [0.2, 0.25) is 0 Å². The lowest BCUT2D eigenvalue weighted by Crippen LogP contribution is -2.16. The molecule has 0 saturated heterocycles. The molecule has 2 rings (SSSR count). The number of nitrogens with zero attached hydrogens (tertiary/aromatic N) is 2. The van der Waals surface area contributed by atoms with Crippen LogP contribution >= 0.6 is 0 Å². The number of hydrogen-bond acceptors (Lipinski definition) is 4. The molecule has 100 valence electrons. The Labute approximate surface area is 107 Å². The molecule has 2 heterocycles. The van der Waals surface area contributed by atoms with Crippen LogP contribution in [0, 0.1) is 11.6 Å². The van der Waals surface area contributed by atoms with Crippen LogP contribution in [0.5, 0.6) is 0 Å². The molecule has 2 aromatic rings. The average molecular weight is 267 g/mol. The van der Waals surface area contributed by atoms with E-state index in [1.165, 1.54) is 6.20 Å².